The fourth-order valence-electron chi connectivity index (χ4n) is 1.79. The molecule has 2 aromatic rings. The van der Waals surface area contributed by atoms with Crippen molar-refractivity contribution in [2.75, 3.05) is 5.32 Å². The number of rotatable bonds is 3. The predicted octanol–water partition coefficient (Wildman–Crippen LogP) is 5.52. The molecule has 22 heavy (non-hydrogen) atoms. The quantitative estimate of drug-likeness (QED) is 0.567. The Morgan fingerprint density at radius 2 is 1.59 bits per heavy atom. The number of nitrogens with one attached hydrogen (secondary N) is 1. The van der Waals surface area contributed by atoms with Crippen molar-refractivity contribution in [2.45, 2.75) is 33.6 Å². The van der Waals surface area contributed by atoms with Crippen LogP contribution in [-0.2, 0) is 4.79 Å². The molecule has 0 unspecified atom stereocenters. The first-order chi connectivity index (χ1) is 9.54. The highest BCUT2D eigenvalue weighted by Gasteiger charge is 1.99. The van der Waals surface area contributed by atoms with Crippen LogP contribution in [0.5, 0.6) is 0 Å². The second-order valence-electron chi connectivity index (χ2n) is 4.75. The Morgan fingerprint density at radius 1 is 1.00 bits per heavy atom. The van der Waals surface area contributed by atoms with E-state index in [0.29, 0.717) is 0 Å². The maximum atomic E-state index is 11.8. The number of carbonyl (C=O) groups excluding carboxylic acids is 1. The van der Waals surface area contributed by atoms with Gasteiger partial charge in [0.25, 0.3) is 0 Å². The normalized spacial score (nSPS) is 9.77. The van der Waals surface area contributed by atoms with Crippen LogP contribution >= 0.6 is 12.6 Å². The van der Waals surface area contributed by atoms with Gasteiger partial charge in [-0.3, -0.25) is 4.79 Å². The molecule has 1 N–H and O–H groups in total. The Kier molecular flexibility index (Phi) is 8.28. The molecule has 3 heteroatoms. The maximum Gasteiger partial charge on any atom is 0.248 e. The second kappa shape index (κ2) is 9.11. The van der Waals surface area contributed by atoms with Gasteiger partial charge in [0.15, 0.2) is 0 Å². The van der Waals surface area contributed by atoms with Crippen LogP contribution in [-0.4, -0.2) is 5.91 Å². The summed E-state index contributed by atoms with van der Waals surface area (Å²) in [6.07, 6.45) is 3.30. The Labute approximate surface area is 139 Å². The van der Waals surface area contributed by atoms with Gasteiger partial charge in [-0.2, -0.15) is 0 Å². The maximum absolute atomic E-state index is 11.8. The lowest BCUT2D eigenvalue weighted by Crippen LogP contribution is -2.07. The van der Waals surface area contributed by atoms with Gasteiger partial charge < -0.3 is 5.32 Å². The third-order valence-corrected chi connectivity index (χ3v) is 3.32. The van der Waals surface area contributed by atoms with E-state index >= 15 is 0 Å². The summed E-state index contributed by atoms with van der Waals surface area (Å²) in [5, 5.41) is 2.82. The average molecular weight is 315 g/mol. The van der Waals surface area contributed by atoms with E-state index in [1.54, 1.807) is 6.08 Å². The highest BCUT2D eigenvalue weighted by Crippen LogP contribution is 2.17. The molecule has 0 fully saturated rings. The number of anilines is 1. The lowest BCUT2D eigenvalue weighted by atomic mass is 10.1. The van der Waals surface area contributed by atoms with Crippen LogP contribution in [0.15, 0.2) is 53.4 Å². The number of carbonyl (C=O) groups is 1. The first-order valence-electron chi connectivity index (χ1n) is 6.40. The first-order valence-corrected chi connectivity index (χ1v) is 6.85. The number of aryl methyl sites for hydroxylation is 2. The van der Waals surface area contributed by atoms with Gasteiger partial charge in [0.05, 0.1) is 0 Å². The summed E-state index contributed by atoms with van der Waals surface area (Å²) < 4.78 is 0. The van der Waals surface area contributed by atoms with Crippen molar-refractivity contribution in [3.05, 3.63) is 65.2 Å². The minimum atomic E-state index is -0.150. The van der Waals surface area contributed by atoms with Gasteiger partial charge in [-0.15, -0.1) is 12.6 Å². The molecule has 2 nitrogen and oxygen atoms in total. The van der Waals surface area contributed by atoms with Gasteiger partial charge in [0, 0.05) is 16.7 Å². The van der Waals surface area contributed by atoms with E-state index < -0.39 is 0 Å². The van der Waals surface area contributed by atoms with Crippen molar-refractivity contribution >= 4 is 30.3 Å². The summed E-state index contributed by atoms with van der Waals surface area (Å²) in [6, 6.07) is 13.6. The van der Waals surface area contributed by atoms with Gasteiger partial charge in [0.2, 0.25) is 5.91 Å². The Bertz CT molecular complexity index is 645. The Hall–Kier alpha value is -2.00. The molecule has 1 amide bonds. The lowest BCUT2D eigenvalue weighted by molar-refractivity contribution is -0.111. The van der Waals surface area contributed by atoms with E-state index in [-0.39, 0.29) is 20.8 Å². The Balaban J connectivity index is 0.00000220. The highest BCUT2D eigenvalue weighted by molar-refractivity contribution is 7.80. The highest BCUT2D eigenvalue weighted by atomic mass is 32.1. The van der Waals surface area contributed by atoms with Gasteiger partial charge >= 0.3 is 0 Å². The number of hydrogen-bond acceptors (Lipinski definition) is 2. The minimum absolute atomic E-state index is 0. The number of amides is 1. The zero-order valence-corrected chi connectivity index (χ0v) is 12.4. The molecule has 2 aromatic carbocycles. The molecule has 0 saturated heterocycles. The molecule has 0 bridgehead atoms. The van der Waals surface area contributed by atoms with E-state index in [9.17, 15) is 4.79 Å². The van der Waals surface area contributed by atoms with Crippen molar-refractivity contribution in [1.82, 2.24) is 0 Å². The third kappa shape index (κ3) is 5.78. The molecule has 0 aliphatic heterocycles. The average Bonchev–Trinajstić information content (AvgIpc) is 2.42. The first kappa shape index (κ1) is 20.0. The molecular formula is C19H25NOS. The topological polar surface area (TPSA) is 29.1 Å². The lowest BCUT2D eigenvalue weighted by Gasteiger charge is -2.03. The molecule has 0 heterocycles. The summed E-state index contributed by atoms with van der Waals surface area (Å²) in [5.41, 5.74) is 4.03. The molecule has 0 aliphatic rings. The van der Waals surface area contributed by atoms with Crippen LogP contribution < -0.4 is 5.32 Å². The predicted molar refractivity (Wildman–Crippen MR) is 101 cm³/mol. The van der Waals surface area contributed by atoms with E-state index in [4.69, 9.17) is 0 Å². The molecule has 0 spiro atoms. The minimum Gasteiger partial charge on any atom is -0.323 e. The number of thiol groups is 1. The van der Waals surface area contributed by atoms with Gasteiger partial charge in [-0.05, 0) is 43.7 Å². The summed E-state index contributed by atoms with van der Waals surface area (Å²) in [7, 11) is 0. The third-order valence-electron chi connectivity index (χ3n) is 2.92. The molecule has 118 valence electrons. The van der Waals surface area contributed by atoms with E-state index in [1.807, 2.05) is 56.3 Å². The van der Waals surface area contributed by atoms with Crippen LogP contribution in [0.3, 0.4) is 0 Å². The number of hydrogen-bond donors (Lipinski definition) is 2. The van der Waals surface area contributed by atoms with Gasteiger partial charge in [-0.1, -0.05) is 50.2 Å². The van der Waals surface area contributed by atoms with E-state index in [0.717, 1.165) is 27.3 Å². The van der Waals surface area contributed by atoms with Crippen molar-refractivity contribution in [2.24, 2.45) is 0 Å². The Morgan fingerprint density at radius 3 is 2.23 bits per heavy atom. The molecule has 0 aliphatic carbocycles. The van der Waals surface area contributed by atoms with Gasteiger partial charge in [0.1, 0.15) is 0 Å². The largest absolute Gasteiger partial charge is 0.323 e. The summed E-state index contributed by atoms with van der Waals surface area (Å²) in [5.74, 6) is -0.150. The van der Waals surface area contributed by atoms with E-state index in [2.05, 4.69) is 17.9 Å². The van der Waals surface area contributed by atoms with Crippen molar-refractivity contribution in [3.63, 3.8) is 0 Å². The van der Waals surface area contributed by atoms with Crippen LogP contribution in [0.25, 0.3) is 6.08 Å². The van der Waals surface area contributed by atoms with Crippen molar-refractivity contribution < 1.29 is 4.79 Å². The summed E-state index contributed by atoms with van der Waals surface area (Å²) in [4.78, 5) is 12.7. The molecule has 0 saturated carbocycles. The SMILES string of the molecule is C.C.Cc1ccc(NC(=O)/C=C/c2cc(C)ccc2S)cc1. The molecule has 0 aromatic heterocycles. The molecular weight excluding hydrogens is 290 g/mol. The monoisotopic (exact) mass is 315 g/mol. The van der Waals surface area contributed by atoms with E-state index in [1.165, 1.54) is 6.08 Å². The fraction of sp³-hybridized carbons (Fsp3) is 0.211. The molecule has 0 atom stereocenters. The number of benzene rings is 2. The van der Waals surface area contributed by atoms with Crippen molar-refractivity contribution in [3.8, 4) is 0 Å². The molecule has 0 radical (unpaired) electrons. The second-order valence-corrected chi connectivity index (χ2v) is 5.23. The summed E-state index contributed by atoms with van der Waals surface area (Å²) in [6.45, 7) is 4.02. The van der Waals surface area contributed by atoms with Crippen LogP contribution in [0.2, 0.25) is 0 Å². The molecule has 2 rings (SSSR count). The smallest absolute Gasteiger partial charge is 0.248 e. The van der Waals surface area contributed by atoms with Gasteiger partial charge in [-0.25, -0.2) is 0 Å². The van der Waals surface area contributed by atoms with Crippen molar-refractivity contribution in [1.29, 1.82) is 0 Å². The zero-order chi connectivity index (χ0) is 14.5. The van der Waals surface area contributed by atoms with Crippen LogP contribution in [0.1, 0.15) is 31.5 Å². The van der Waals surface area contributed by atoms with Crippen LogP contribution in [0.4, 0.5) is 5.69 Å². The van der Waals surface area contributed by atoms with Crippen LogP contribution in [0, 0.1) is 13.8 Å². The summed E-state index contributed by atoms with van der Waals surface area (Å²) >= 11 is 4.38. The standard InChI is InChI=1S/C17H17NOS.2CH4/c1-12-3-7-15(8-4-12)18-17(19)10-6-14-11-13(2)5-9-16(14)20;;/h3-11,20H,1-2H3,(H,18,19);2*1H4/b10-6+;;. The fourth-order valence-corrected chi connectivity index (χ4v) is 2.01. The zero-order valence-electron chi connectivity index (χ0n) is 11.6.